The number of nitrogens with one attached hydrogen (secondary N) is 3. The number of likely N-dealkylation sites (N-methyl/N-ethyl adjacent to an activating group) is 1. The molecule has 9 heteroatoms. The van der Waals surface area contributed by atoms with Gasteiger partial charge in [-0.05, 0) is 55.3 Å². The summed E-state index contributed by atoms with van der Waals surface area (Å²) in [7, 11) is 4.24. The van der Waals surface area contributed by atoms with Gasteiger partial charge in [-0.25, -0.2) is 0 Å². The maximum absolute atomic E-state index is 12.7. The molecule has 2 aliphatic heterocycles. The van der Waals surface area contributed by atoms with Crippen LogP contribution in [0.5, 0.6) is 0 Å². The summed E-state index contributed by atoms with van der Waals surface area (Å²) in [6, 6.07) is 13.3. The van der Waals surface area contributed by atoms with E-state index in [1.165, 1.54) is 18.2 Å². The zero-order valence-corrected chi connectivity index (χ0v) is 21.3. The van der Waals surface area contributed by atoms with Crippen LogP contribution in [-0.4, -0.2) is 80.9 Å². The molecule has 2 heterocycles. The van der Waals surface area contributed by atoms with Crippen LogP contribution in [0.3, 0.4) is 0 Å². The van der Waals surface area contributed by atoms with E-state index in [0.29, 0.717) is 17.9 Å². The summed E-state index contributed by atoms with van der Waals surface area (Å²) in [6.45, 7) is 6.54. The molecular formula is C27H36N6O3. The average Bonchev–Trinajstić information content (AvgIpc) is 2.85. The van der Waals surface area contributed by atoms with Crippen LogP contribution >= 0.6 is 0 Å². The smallest absolute Gasteiger partial charge is 0.313 e. The predicted molar refractivity (Wildman–Crippen MR) is 142 cm³/mol. The van der Waals surface area contributed by atoms with E-state index in [4.69, 9.17) is 0 Å². The molecule has 1 fully saturated rings. The molecule has 1 saturated heterocycles. The lowest BCUT2D eigenvalue weighted by Crippen LogP contribution is -2.49. The number of amides is 3. The molecule has 0 saturated carbocycles. The molecule has 2 aliphatic rings. The number of carbonyl (C=O) groups is 3. The van der Waals surface area contributed by atoms with Crippen LogP contribution < -0.4 is 20.9 Å². The Morgan fingerprint density at radius 2 is 1.61 bits per heavy atom. The second-order valence-corrected chi connectivity index (χ2v) is 9.69. The predicted octanol–water partition coefficient (Wildman–Crippen LogP) is 2.07. The first-order chi connectivity index (χ1) is 17.3. The largest absolute Gasteiger partial charge is 0.374 e. The Balaban J connectivity index is 1.44. The van der Waals surface area contributed by atoms with E-state index in [9.17, 15) is 14.4 Å². The number of carbonyl (C=O) groups excluding carboxylic acids is 3. The summed E-state index contributed by atoms with van der Waals surface area (Å²) in [5.74, 6) is -1.63. The van der Waals surface area contributed by atoms with Gasteiger partial charge < -0.3 is 25.8 Å². The Kier molecular flexibility index (Phi) is 8.22. The van der Waals surface area contributed by atoms with Gasteiger partial charge in [-0.2, -0.15) is 0 Å². The fourth-order valence-electron chi connectivity index (χ4n) is 4.94. The number of aryl methyl sites for hydroxylation is 1. The van der Waals surface area contributed by atoms with Gasteiger partial charge in [0, 0.05) is 70.3 Å². The molecular weight excluding hydrogens is 456 g/mol. The number of benzene rings is 2. The van der Waals surface area contributed by atoms with Crippen molar-refractivity contribution in [3.8, 4) is 0 Å². The van der Waals surface area contributed by atoms with Crippen molar-refractivity contribution in [3.63, 3.8) is 0 Å². The first-order valence-electron chi connectivity index (χ1n) is 12.5. The van der Waals surface area contributed by atoms with Gasteiger partial charge in [0.15, 0.2) is 0 Å². The summed E-state index contributed by atoms with van der Waals surface area (Å²) >= 11 is 0. The van der Waals surface area contributed by atoms with E-state index >= 15 is 0 Å². The SMILES string of the molecule is CC(=O)Nc1cccc(NC(=O)C(=O)NC[C@@H](c2ccc3c(c2)CCCN3C)N2CCN(C)CC2)c1. The number of fused-ring (bicyclic) bond motifs is 1. The van der Waals surface area contributed by atoms with Crippen molar-refractivity contribution in [2.45, 2.75) is 25.8 Å². The van der Waals surface area contributed by atoms with Crippen LogP contribution in [0.2, 0.25) is 0 Å². The number of anilines is 3. The number of nitrogens with zero attached hydrogens (tertiary/aromatic N) is 3. The minimum absolute atomic E-state index is 0.0175. The molecule has 36 heavy (non-hydrogen) atoms. The first-order valence-corrected chi connectivity index (χ1v) is 12.5. The summed E-state index contributed by atoms with van der Waals surface area (Å²) in [5, 5.41) is 8.15. The van der Waals surface area contributed by atoms with Crippen molar-refractivity contribution in [3.05, 3.63) is 53.6 Å². The molecule has 1 atom stereocenters. The van der Waals surface area contributed by atoms with Crippen LogP contribution in [0.1, 0.15) is 30.5 Å². The molecule has 0 aromatic heterocycles. The van der Waals surface area contributed by atoms with E-state index in [1.807, 2.05) is 0 Å². The maximum atomic E-state index is 12.7. The van der Waals surface area contributed by atoms with Gasteiger partial charge in [0.2, 0.25) is 5.91 Å². The summed E-state index contributed by atoms with van der Waals surface area (Å²) in [6.07, 6.45) is 2.18. The number of hydrogen-bond acceptors (Lipinski definition) is 6. The van der Waals surface area contributed by atoms with E-state index in [2.05, 4.69) is 62.9 Å². The van der Waals surface area contributed by atoms with Crippen molar-refractivity contribution in [2.24, 2.45) is 0 Å². The average molecular weight is 493 g/mol. The Hall–Kier alpha value is -3.43. The molecule has 0 bridgehead atoms. The minimum Gasteiger partial charge on any atom is -0.374 e. The molecule has 4 rings (SSSR count). The van der Waals surface area contributed by atoms with Crippen molar-refractivity contribution in [2.75, 3.05) is 68.9 Å². The molecule has 3 N–H and O–H groups in total. The fraction of sp³-hybridized carbons (Fsp3) is 0.444. The molecule has 0 aliphatic carbocycles. The fourth-order valence-corrected chi connectivity index (χ4v) is 4.94. The third-order valence-corrected chi connectivity index (χ3v) is 6.92. The minimum atomic E-state index is -0.737. The van der Waals surface area contributed by atoms with Crippen LogP contribution in [0, 0.1) is 0 Å². The lowest BCUT2D eigenvalue weighted by atomic mass is 9.95. The van der Waals surface area contributed by atoms with Gasteiger partial charge in [0.05, 0.1) is 6.04 Å². The maximum Gasteiger partial charge on any atom is 0.313 e. The van der Waals surface area contributed by atoms with E-state index in [1.54, 1.807) is 24.3 Å². The Morgan fingerprint density at radius 3 is 2.33 bits per heavy atom. The van der Waals surface area contributed by atoms with Gasteiger partial charge in [0.1, 0.15) is 0 Å². The number of rotatable bonds is 6. The molecule has 2 aromatic carbocycles. The third kappa shape index (κ3) is 6.41. The van der Waals surface area contributed by atoms with Crippen molar-refractivity contribution < 1.29 is 14.4 Å². The number of hydrogen-bond donors (Lipinski definition) is 3. The monoisotopic (exact) mass is 492 g/mol. The topological polar surface area (TPSA) is 97.0 Å². The highest BCUT2D eigenvalue weighted by Gasteiger charge is 2.27. The van der Waals surface area contributed by atoms with E-state index in [-0.39, 0.29) is 11.9 Å². The van der Waals surface area contributed by atoms with Crippen LogP contribution in [-0.2, 0) is 20.8 Å². The van der Waals surface area contributed by atoms with Crippen LogP contribution in [0.25, 0.3) is 0 Å². The van der Waals surface area contributed by atoms with Crippen molar-refractivity contribution >= 4 is 34.8 Å². The summed E-state index contributed by atoms with van der Waals surface area (Å²) < 4.78 is 0. The summed E-state index contributed by atoms with van der Waals surface area (Å²) in [5.41, 5.74) is 4.76. The van der Waals surface area contributed by atoms with Crippen molar-refractivity contribution in [1.29, 1.82) is 0 Å². The van der Waals surface area contributed by atoms with Gasteiger partial charge in [-0.15, -0.1) is 0 Å². The highest BCUT2D eigenvalue weighted by atomic mass is 16.2. The highest BCUT2D eigenvalue weighted by Crippen LogP contribution is 2.31. The second-order valence-electron chi connectivity index (χ2n) is 9.69. The van der Waals surface area contributed by atoms with Gasteiger partial charge in [-0.1, -0.05) is 18.2 Å². The Morgan fingerprint density at radius 1 is 0.889 bits per heavy atom. The van der Waals surface area contributed by atoms with Crippen LogP contribution in [0.4, 0.5) is 17.1 Å². The molecule has 0 unspecified atom stereocenters. The molecule has 9 nitrogen and oxygen atoms in total. The quantitative estimate of drug-likeness (QED) is 0.535. The third-order valence-electron chi connectivity index (χ3n) is 6.92. The molecule has 0 spiro atoms. The lowest BCUT2D eigenvalue weighted by Gasteiger charge is -2.39. The molecule has 2 aromatic rings. The second kappa shape index (κ2) is 11.5. The van der Waals surface area contributed by atoms with Crippen LogP contribution in [0.15, 0.2) is 42.5 Å². The Labute approximate surface area is 212 Å². The lowest BCUT2D eigenvalue weighted by molar-refractivity contribution is -0.136. The first kappa shape index (κ1) is 25.7. The highest BCUT2D eigenvalue weighted by molar-refractivity contribution is 6.39. The van der Waals surface area contributed by atoms with Gasteiger partial charge >= 0.3 is 11.8 Å². The molecule has 192 valence electrons. The zero-order valence-electron chi connectivity index (χ0n) is 21.3. The number of piperazine rings is 1. The summed E-state index contributed by atoms with van der Waals surface area (Å²) in [4.78, 5) is 43.6. The Bertz CT molecular complexity index is 1110. The van der Waals surface area contributed by atoms with Gasteiger partial charge in [-0.3, -0.25) is 19.3 Å². The van der Waals surface area contributed by atoms with Gasteiger partial charge in [0.25, 0.3) is 0 Å². The van der Waals surface area contributed by atoms with Crippen molar-refractivity contribution in [1.82, 2.24) is 15.1 Å². The normalized spacial score (nSPS) is 17.1. The zero-order chi connectivity index (χ0) is 25.7. The van der Waals surface area contributed by atoms with E-state index < -0.39 is 11.8 Å². The standard InChI is InChI=1S/C27H36N6O3/c1-19(34)29-22-7-4-8-23(17-22)30-27(36)26(35)28-18-25(33-14-12-31(2)13-15-33)21-9-10-24-20(16-21)6-5-11-32(24)3/h4,7-10,16-17,25H,5-6,11-15,18H2,1-3H3,(H,28,35)(H,29,34)(H,30,36)/t25-/m0/s1. The molecule has 0 radical (unpaired) electrons. The van der Waals surface area contributed by atoms with E-state index in [0.717, 1.165) is 51.1 Å². The molecule has 3 amide bonds.